The number of hydrogen-bond donors (Lipinski definition) is 2. The van der Waals surface area contributed by atoms with E-state index in [1.165, 1.54) is 0 Å². The number of alkyl halides is 3. The normalized spacial score (nSPS) is 17.3. The van der Waals surface area contributed by atoms with Gasteiger partial charge in [-0.3, -0.25) is 4.79 Å². The van der Waals surface area contributed by atoms with E-state index in [9.17, 15) is 18.0 Å². The third kappa shape index (κ3) is 5.69. The first-order valence-electron chi connectivity index (χ1n) is 7.76. The summed E-state index contributed by atoms with van der Waals surface area (Å²) in [4.78, 5) is 26.8. The Labute approximate surface area is 141 Å². The molecule has 1 amide bonds. The van der Waals surface area contributed by atoms with Crippen LogP contribution in [-0.4, -0.2) is 64.9 Å². The molecule has 140 valence electrons. The van der Waals surface area contributed by atoms with Gasteiger partial charge in [-0.2, -0.15) is 18.2 Å². The van der Waals surface area contributed by atoms with Gasteiger partial charge < -0.3 is 19.8 Å². The van der Waals surface area contributed by atoms with E-state index in [1.807, 2.05) is 7.05 Å². The van der Waals surface area contributed by atoms with Crippen molar-refractivity contribution in [3.8, 4) is 0 Å². The van der Waals surface area contributed by atoms with E-state index in [-0.39, 0.29) is 11.8 Å². The highest BCUT2D eigenvalue weighted by Gasteiger charge is 2.38. The third-order valence-electron chi connectivity index (χ3n) is 3.83. The second-order valence-corrected chi connectivity index (χ2v) is 5.99. The van der Waals surface area contributed by atoms with Gasteiger partial charge in [0.15, 0.2) is 5.82 Å². The number of carbonyl (C=O) groups is 2. The first-order chi connectivity index (χ1) is 11.7. The number of carboxylic acids is 1. The van der Waals surface area contributed by atoms with Crippen LogP contribution in [0.15, 0.2) is 4.52 Å². The molecule has 1 aromatic heterocycles. The zero-order valence-electron chi connectivity index (χ0n) is 13.5. The number of amides is 1. The Morgan fingerprint density at radius 3 is 2.40 bits per heavy atom. The number of aromatic nitrogens is 2. The second kappa shape index (κ2) is 7.81. The molecule has 0 radical (unpaired) electrons. The Morgan fingerprint density at radius 2 is 1.96 bits per heavy atom. The van der Waals surface area contributed by atoms with Gasteiger partial charge in [-0.15, -0.1) is 0 Å². The molecule has 0 atom stereocenters. The van der Waals surface area contributed by atoms with Crippen molar-refractivity contribution in [1.82, 2.24) is 20.4 Å². The molecule has 1 aromatic rings. The molecule has 3 rings (SSSR count). The Hall–Kier alpha value is -2.17. The molecule has 0 spiro atoms. The molecule has 0 bridgehead atoms. The molecule has 2 fully saturated rings. The summed E-state index contributed by atoms with van der Waals surface area (Å²) in [7, 11) is 1.84. The standard InChI is InChI=1S/C12H18N4O2.C2HF3O2/c1-16(12(17)8-2-3-8)5-4-10-14-11(18-15-10)9-6-13-7-9;3-2(4,5)1(6)7/h8-9,13H,2-7H2,1H3;(H,6,7). The molecule has 2 aliphatic rings. The lowest BCUT2D eigenvalue weighted by Gasteiger charge is -2.22. The second-order valence-electron chi connectivity index (χ2n) is 5.99. The van der Waals surface area contributed by atoms with Crippen LogP contribution in [0.1, 0.15) is 30.5 Å². The first kappa shape index (κ1) is 19.2. The van der Waals surface area contributed by atoms with Crippen molar-refractivity contribution >= 4 is 11.9 Å². The average Bonchev–Trinajstić information content (AvgIpc) is 3.23. The maximum Gasteiger partial charge on any atom is 0.490 e. The number of carbonyl (C=O) groups excluding carboxylic acids is 1. The summed E-state index contributed by atoms with van der Waals surface area (Å²) in [6, 6.07) is 0. The molecular formula is C14H19F3N4O4. The first-order valence-corrected chi connectivity index (χ1v) is 7.76. The number of rotatable bonds is 5. The van der Waals surface area contributed by atoms with E-state index in [2.05, 4.69) is 15.5 Å². The monoisotopic (exact) mass is 364 g/mol. The lowest BCUT2D eigenvalue weighted by Crippen LogP contribution is -2.40. The smallest absolute Gasteiger partial charge is 0.475 e. The fourth-order valence-corrected chi connectivity index (χ4v) is 2.02. The van der Waals surface area contributed by atoms with Gasteiger partial charge in [0, 0.05) is 39.0 Å². The Bertz CT molecular complexity index is 611. The Balaban J connectivity index is 0.000000277. The van der Waals surface area contributed by atoms with E-state index >= 15 is 0 Å². The van der Waals surface area contributed by atoms with E-state index < -0.39 is 12.1 Å². The number of nitrogens with zero attached hydrogens (tertiary/aromatic N) is 3. The molecular weight excluding hydrogens is 345 g/mol. The summed E-state index contributed by atoms with van der Waals surface area (Å²) in [5, 5.41) is 14.3. The number of likely N-dealkylation sites (N-methyl/N-ethyl adjacent to an activating group) is 1. The predicted octanol–water partition coefficient (Wildman–Crippen LogP) is 0.801. The van der Waals surface area contributed by atoms with Gasteiger partial charge in [0.25, 0.3) is 0 Å². The minimum absolute atomic E-state index is 0.252. The van der Waals surface area contributed by atoms with Crippen molar-refractivity contribution in [2.75, 3.05) is 26.7 Å². The summed E-state index contributed by atoms with van der Waals surface area (Å²) < 4.78 is 37.0. The van der Waals surface area contributed by atoms with E-state index in [0.29, 0.717) is 24.7 Å². The zero-order chi connectivity index (χ0) is 18.6. The molecule has 1 saturated heterocycles. The molecule has 25 heavy (non-hydrogen) atoms. The van der Waals surface area contributed by atoms with Crippen LogP contribution in [0.5, 0.6) is 0 Å². The van der Waals surface area contributed by atoms with Crippen LogP contribution in [0.3, 0.4) is 0 Å². The minimum Gasteiger partial charge on any atom is -0.475 e. The van der Waals surface area contributed by atoms with Gasteiger partial charge in [-0.05, 0) is 12.8 Å². The highest BCUT2D eigenvalue weighted by molar-refractivity contribution is 5.80. The van der Waals surface area contributed by atoms with Crippen LogP contribution >= 0.6 is 0 Å². The van der Waals surface area contributed by atoms with Gasteiger partial charge in [0.05, 0.1) is 5.92 Å². The quantitative estimate of drug-likeness (QED) is 0.795. The number of hydrogen-bond acceptors (Lipinski definition) is 6. The third-order valence-corrected chi connectivity index (χ3v) is 3.83. The van der Waals surface area contributed by atoms with Crippen LogP contribution in [0, 0.1) is 5.92 Å². The van der Waals surface area contributed by atoms with Crippen molar-refractivity contribution in [2.24, 2.45) is 5.92 Å². The van der Waals surface area contributed by atoms with Gasteiger partial charge in [0.1, 0.15) is 0 Å². The molecule has 1 aliphatic carbocycles. The van der Waals surface area contributed by atoms with Crippen LogP contribution in [0.25, 0.3) is 0 Å². The van der Waals surface area contributed by atoms with Gasteiger partial charge in [-0.1, -0.05) is 5.16 Å². The fourth-order valence-electron chi connectivity index (χ4n) is 2.02. The van der Waals surface area contributed by atoms with Crippen molar-refractivity contribution in [3.05, 3.63) is 11.7 Å². The lowest BCUT2D eigenvalue weighted by atomic mass is 10.0. The molecule has 0 unspecified atom stereocenters. The van der Waals surface area contributed by atoms with Crippen LogP contribution in [0.2, 0.25) is 0 Å². The number of carboxylic acid groups (broad SMARTS) is 1. The van der Waals surface area contributed by atoms with Gasteiger partial charge >= 0.3 is 12.1 Å². The maximum absolute atomic E-state index is 11.7. The number of halogens is 3. The largest absolute Gasteiger partial charge is 0.490 e. The zero-order valence-corrected chi connectivity index (χ0v) is 13.5. The molecule has 1 saturated carbocycles. The van der Waals surface area contributed by atoms with Crippen LogP contribution < -0.4 is 5.32 Å². The van der Waals surface area contributed by atoms with E-state index in [0.717, 1.165) is 31.8 Å². The number of nitrogens with one attached hydrogen (secondary N) is 1. The average molecular weight is 364 g/mol. The topological polar surface area (TPSA) is 109 Å². The van der Waals surface area contributed by atoms with Gasteiger partial charge in [-0.25, -0.2) is 4.79 Å². The Morgan fingerprint density at radius 1 is 1.36 bits per heavy atom. The molecule has 11 heteroatoms. The SMILES string of the molecule is CN(CCc1noc(C2CNC2)n1)C(=O)C1CC1.O=C(O)C(F)(F)F. The van der Waals surface area contributed by atoms with Crippen molar-refractivity contribution < 1.29 is 32.4 Å². The molecule has 1 aliphatic heterocycles. The van der Waals surface area contributed by atoms with Crippen LogP contribution in [-0.2, 0) is 16.0 Å². The lowest BCUT2D eigenvalue weighted by molar-refractivity contribution is -0.192. The van der Waals surface area contributed by atoms with Crippen molar-refractivity contribution in [2.45, 2.75) is 31.4 Å². The summed E-state index contributed by atoms with van der Waals surface area (Å²) in [5.41, 5.74) is 0. The van der Waals surface area contributed by atoms with Crippen LogP contribution in [0.4, 0.5) is 13.2 Å². The fraction of sp³-hybridized carbons (Fsp3) is 0.714. The molecule has 8 nitrogen and oxygen atoms in total. The van der Waals surface area contributed by atoms with E-state index in [1.54, 1.807) is 4.90 Å². The minimum atomic E-state index is -5.08. The summed E-state index contributed by atoms with van der Waals surface area (Å²) >= 11 is 0. The van der Waals surface area contributed by atoms with E-state index in [4.69, 9.17) is 14.4 Å². The van der Waals surface area contributed by atoms with Gasteiger partial charge in [0.2, 0.25) is 11.8 Å². The predicted molar refractivity (Wildman–Crippen MR) is 77.7 cm³/mol. The highest BCUT2D eigenvalue weighted by Crippen LogP contribution is 2.30. The summed E-state index contributed by atoms with van der Waals surface area (Å²) in [5.74, 6) is -0.435. The molecule has 2 heterocycles. The summed E-state index contributed by atoms with van der Waals surface area (Å²) in [6.45, 7) is 2.50. The molecule has 0 aromatic carbocycles. The molecule has 2 N–H and O–H groups in total. The Kier molecular flexibility index (Phi) is 5.98. The summed E-state index contributed by atoms with van der Waals surface area (Å²) in [6.07, 6.45) is -2.33. The van der Waals surface area contributed by atoms with Crippen molar-refractivity contribution in [1.29, 1.82) is 0 Å². The highest BCUT2D eigenvalue weighted by atomic mass is 19.4. The maximum atomic E-state index is 11.7. The number of aliphatic carboxylic acids is 1. The van der Waals surface area contributed by atoms with Crippen molar-refractivity contribution in [3.63, 3.8) is 0 Å².